The Bertz CT molecular complexity index is 2760. The molecule has 9 rings (SSSR count). The molecule has 0 amide bonds. The highest BCUT2D eigenvalue weighted by Crippen LogP contribution is 2.76. The summed E-state index contributed by atoms with van der Waals surface area (Å²) in [6.07, 6.45) is -37.8. The summed E-state index contributed by atoms with van der Waals surface area (Å²) in [5.74, 6) is -4.35. The number of allylic oxidation sites excluding steroid dienone is 3. The van der Waals surface area contributed by atoms with Crippen LogP contribution in [0.2, 0.25) is 0 Å². The van der Waals surface area contributed by atoms with Gasteiger partial charge >= 0.3 is 17.9 Å². The smallest absolute Gasteiger partial charge is 0.335 e. The molecule has 0 spiro atoms. The van der Waals surface area contributed by atoms with Crippen molar-refractivity contribution in [2.24, 2.45) is 50.2 Å². The van der Waals surface area contributed by atoms with Crippen LogP contribution < -0.4 is 0 Å². The van der Waals surface area contributed by atoms with Crippen molar-refractivity contribution >= 4 is 17.9 Å². The van der Waals surface area contributed by atoms with Crippen LogP contribution in [0.1, 0.15) is 122 Å². The molecule has 0 unspecified atom stereocenters. The maximum absolute atomic E-state index is 13.9. The highest BCUT2D eigenvalue weighted by molar-refractivity contribution is 5.89. The van der Waals surface area contributed by atoms with E-state index in [1.54, 1.807) is 39.8 Å². The molecule has 4 heterocycles. The molecule has 92 heavy (non-hydrogen) atoms. The van der Waals surface area contributed by atoms with E-state index >= 15 is 0 Å². The predicted octanol–water partition coefficient (Wildman–Crippen LogP) is -1.52. The second-order valence-electron chi connectivity index (χ2n) is 29.3. The first-order valence-corrected chi connectivity index (χ1v) is 32.1. The monoisotopic (exact) mass is 1320 g/mol. The van der Waals surface area contributed by atoms with Gasteiger partial charge in [0.1, 0.15) is 91.6 Å². The second kappa shape index (κ2) is 26.9. The maximum atomic E-state index is 13.9. The summed E-state index contributed by atoms with van der Waals surface area (Å²) in [5, 5.41) is 170. The number of aliphatic hydroxyl groups excluding tert-OH is 14. The van der Waals surface area contributed by atoms with Crippen molar-refractivity contribution in [3.8, 4) is 0 Å². The lowest BCUT2D eigenvalue weighted by Gasteiger charge is -2.73. The molecule has 5 aliphatic carbocycles. The Morgan fingerprint density at radius 3 is 1.66 bits per heavy atom. The normalized spacial score (nSPS) is 50.2. The number of fused-ring (bicyclic) bond motifs is 7. The van der Waals surface area contributed by atoms with Crippen molar-refractivity contribution in [1.29, 1.82) is 0 Å². The molecular weight excluding hydrogens is 1220 g/mol. The fourth-order valence-corrected chi connectivity index (χ4v) is 17.8. The SMILES string of the molecule is C/C=C(\C)C(=O)O[C@H]1[C@H](OC(=O)/C(C)=C/C)[C@]2(CO)[C@H](O)[C@H](O)[C@]3(C)C(=CC[C@@H]4[C@@]5(C)CC[C@H](O[C@@H]6O[C@H](C(=O)O)[C@@H](O)[C@H](O[C@@H]7O[C@H](CO)[C@H](O)[C@H](O)[C@H]7O[C@@H]7O[C@@H](C)[C@H](O)[C@@H](O)[C@H]7O)[C@H]6O[C@@H]6O[C@H](CO)[C@@H](O)[C@H](O)[C@H]6O)C(C)(C)[C@@H]5CC[C@]43C)[C@@H]2CC1(C)C. The topological polar surface area (TPSA) is 447 Å². The number of hydrogen-bond acceptors (Lipinski definition) is 27. The molecule has 0 aromatic heterocycles. The number of carbonyl (C=O) groups excluding carboxylic acids is 2. The molecule has 4 aliphatic heterocycles. The standard InChI is InChI=1S/C64H100O28/c1-13-25(3)53(81)91-50-51(92-54(82)26(4)14-2)64(24-67)29(21-59(50,6)7)28-15-16-33-61(10)19-18-34(60(8,9)32(61)17-20-62(33,11)63(28,12)48(77)49(64)78)86-58-47(90-56-42(75)39(72)36(69)30(22-65)84-56)44(43(76)45(88-58)52(79)80)87-57-46(40(73)37(70)31(23-66)85-57)89-55-41(74)38(71)35(68)27(5)83-55/h13-15,27,29-51,55-58,65-78H,16-24H2,1-12H3,(H,79,80)/b25-13+,26-14+/t27-,29-,30+,31+,32-,33+,34-,35-,36+,37-,38+,39-,40-,41+,42+,43-,44-,45-,46+,47+,48-,49+,50-,51-,55-,56-,57-,58+,61-,62+,63-,64-/m0/s1. The molecule has 524 valence electrons. The van der Waals surface area contributed by atoms with Crippen LogP contribution in [0, 0.1) is 50.2 Å². The number of esters is 2. The van der Waals surface area contributed by atoms with Crippen molar-refractivity contribution in [3.05, 3.63) is 34.9 Å². The average molecular weight is 1320 g/mol. The van der Waals surface area contributed by atoms with E-state index < -0.39 is 229 Å². The zero-order valence-electron chi connectivity index (χ0n) is 54.3. The number of aliphatic carboxylic acids is 1. The fraction of sp³-hybridized carbons (Fsp3) is 0.859. The molecule has 4 saturated heterocycles. The van der Waals surface area contributed by atoms with Gasteiger partial charge in [-0.3, -0.25) is 0 Å². The van der Waals surface area contributed by atoms with Gasteiger partial charge in [0.25, 0.3) is 0 Å². The van der Waals surface area contributed by atoms with Crippen molar-refractivity contribution in [2.45, 2.75) is 275 Å². The van der Waals surface area contributed by atoms with Gasteiger partial charge in [0, 0.05) is 22.0 Å². The quantitative estimate of drug-likeness (QED) is 0.0361. The van der Waals surface area contributed by atoms with Crippen molar-refractivity contribution in [1.82, 2.24) is 0 Å². The lowest BCUT2D eigenvalue weighted by Crippen LogP contribution is -2.76. The molecule has 0 aromatic carbocycles. The number of carboxylic acid groups (broad SMARTS) is 1. The van der Waals surface area contributed by atoms with Crippen LogP contribution in [0.5, 0.6) is 0 Å². The summed E-state index contributed by atoms with van der Waals surface area (Å²) in [5.41, 5.74) is -4.87. The van der Waals surface area contributed by atoms with Crippen molar-refractivity contribution < 1.29 is 138 Å². The summed E-state index contributed by atoms with van der Waals surface area (Å²) in [7, 11) is 0. The summed E-state index contributed by atoms with van der Waals surface area (Å²) < 4.78 is 61.7. The van der Waals surface area contributed by atoms with Crippen LogP contribution in [0.4, 0.5) is 0 Å². The molecule has 0 radical (unpaired) electrons. The van der Waals surface area contributed by atoms with E-state index in [9.17, 15) is 91.0 Å². The minimum atomic E-state index is -2.31. The lowest BCUT2D eigenvalue weighted by molar-refractivity contribution is -0.406. The van der Waals surface area contributed by atoms with Gasteiger partial charge in [-0.2, -0.15) is 0 Å². The summed E-state index contributed by atoms with van der Waals surface area (Å²) >= 11 is 0. The Hall–Kier alpha value is -3.25. The van der Waals surface area contributed by atoms with Crippen molar-refractivity contribution in [2.75, 3.05) is 19.8 Å². The summed E-state index contributed by atoms with van der Waals surface area (Å²) in [6, 6.07) is 0. The molecule has 28 heteroatoms. The first-order valence-electron chi connectivity index (χ1n) is 32.1. The predicted molar refractivity (Wildman–Crippen MR) is 314 cm³/mol. The number of rotatable bonds is 16. The largest absolute Gasteiger partial charge is 0.479 e. The summed E-state index contributed by atoms with van der Waals surface area (Å²) in [4.78, 5) is 40.9. The molecule has 8 fully saturated rings. The average Bonchev–Trinajstić information content (AvgIpc) is 0.663. The van der Waals surface area contributed by atoms with Crippen LogP contribution in [-0.4, -0.2) is 268 Å². The van der Waals surface area contributed by atoms with Gasteiger partial charge in [0.2, 0.25) is 0 Å². The molecule has 32 atom stereocenters. The minimum Gasteiger partial charge on any atom is -0.479 e. The number of carbonyl (C=O) groups is 3. The first kappa shape index (κ1) is 73.0. The van der Waals surface area contributed by atoms with Crippen LogP contribution >= 0.6 is 0 Å². The van der Waals surface area contributed by atoms with Gasteiger partial charge in [-0.05, 0) is 107 Å². The van der Waals surface area contributed by atoms with Gasteiger partial charge in [-0.25, -0.2) is 14.4 Å². The zero-order valence-corrected chi connectivity index (χ0v) is 54.3. The van der Waals surface area contributed by atoms with Crippen molar-refractivity contribution in [3.63, 3.8) is 0 Å². The molecule has 15 N–H and O–H groups in total. The van der Waals surface area contributed by atoms with Crippen LogP contribution in [0.15, 0.2) is 34.9 Å². The van der Waals surface area contributed by atoms with Crippen LogP contribution in [0.3, 0.4) is 0 Å². The molecule has 9 aliphatic rings. The molecule has 0 bridgehead atoms. The van der Waals surface area contributed by atoms with Crippen LogP contribution in [-0.2, 0) is 61.8 Å². The Morgan fingerprint density at radius 1 is 0.576 bits per heavy atom. The minimum absolute atomic E-state index is 0.220. The summed E-state index contributed by atoms with van der Waals surface area (Å²) in [6.45, 7) is 19.2. The molecule has 0 aromatic rings. The number of ether oxygens (including phenoxy) is 10. The number of aliphatic hydroxyl groups is 14. The molecular formula is C64H100O28. The molecule has 28 nitrogen and oxygen atoms in total. The number of hydrogen-bond donors (Lipinski definition) is 15. The van der Waals surface area contributed by atoms with E-state index in [1.165, 1.54) is 6.92 Å². The van der Waals surface area contributed by atoms with Gasteiger partial charge in [0.05, 0.1) is 49.7 Å². The molecule has 4 saturated carbocycles. The Labute approximate surface area is 534 Å². The van der Waals surface area contributed by atoms with E-state index in [4.69, 9.17) is 47.4 Å². The third-order valence-electron chi connectivity index (χ3n) is 23.8. The van der Waals surface area contributed by atoms with Gasteiger partial charge < -0.3 is 124 Å². The van der Waals surface area contributed by atoms with Gasteiger partial charge in [-0.15, -0.1) is 0 Å². The first-order chi connectivity index (χ1) is 42.9. The second-order valence-corrected chi connectivity index (χ2v) is 29.3. The van der Waals surface area contributed by atoms with E-state index in [-0.39, 0.29) is 35.8 Å². The van der Waals surface area contributed by atoms with Crippen LogP contribution in [0.25, 0.3) is 0 Å². The van der Waals surface area contributed by atoms with Gasteiger partial charge in [0.15, 0.2) is 37.4 Å². The lowest BCUT2D eigenvalue weighted by atomic mass is 9.32. The Balaban J connectivity index is 1.07. The van der Waals surface area contributed by atoms with Gasteiger partial charge in [-0.1, -0.05) is 72.3 Å². The van der Waals surface area contributed by atoms with E-state index in [0.29, 0.717) is 25.7 Å². The third kappa shape index (κ3) is 11.8. The zero-order chi connectivity index (χ0) is 68.2. The number of carboxylic acids is 1. The maximum Gasteiger partial charge on any atom is 0.335 e. The van der Waals surface area contributed by atoms with E-state index in [1.807, 2.05) is 34.6 Å². The third-order valence-corrected chi connectivity index (χ3v) is 23.8. The highest BCUT2D eigenvalue weighted by atomic mass is 16.8. The highest BCUT2D eigenvalue weighted by Gasteiger charge is 2.77. The fourth-order valence-electron chi connectivity index (χ4n) is 17.8. The van der Waals surface area contributed by atoms with E-state index in [0.717, 1.165) is 5.57 Å². The van der Waals surface area contributed by atoms with E-state index in [2.05, 4.69) is 19.9 Å². The Kier molecular flexibility index (Phi) is 21.3. The Morgan fingerprint density at radius 2 is 1.10 bits per heavy atom.